The van der Waals surface area contributed by atoms with Crippen molar-refractivity contribution in [1.82, 2.24) is 10.3 Å². The van der Waals surface area contributed by atoms with E-state index >= 15 is 0 Å². The zero-order chi connectivity index (χ0) is 19.2. The van der Waals surface area contributed by atoms with E-state index in [9.17, 15) is 9.18 Å². The van der Waals surface area contributed by atoms with Crippen LogP contribution in [-0.2, 0) is 11.2 Å². The maximum atomic E-state index is 13.0. The topological polar surface area (TPSA) is 51.2 Å². The number of nitrogens with zero attached hydrogens (tertiary/aromatic N) is 1. The molecule has 140 valence electrons. The summed E-state index contributed by atoms with van der Waals surface area (Å²) in [6.07, 6.45) is 0.193. The van der Waals surface area contributed by atoms with Crippen molar-refractivity contribution in [2.24, 2.45) is 0 Å². The number of carbonyl (C=O) groups excluding carboxylic acids is 1. The molecule has 0 saturated carbocycles. The molecule has 4 nitrogen and oxygen atoms in total. The van der Waals surface area contributed by atoms with Crippen molar-refractivity contribution in [3.05, 3.63) is 71.0 Å². The van der Waals surface area contributed by atoms with Gasteiger partial charge in [-0.25, -0.2) is 9.37 Å². The number of rotatable bonds is 7. The Morgan fingerprint density at radius 2 is 1.96 bits per heavy atom. The van der Waals surface area contributed by atoms with Gasteiger partial charge in [-0.2, -0.15) is 0 Å². The number of amides is 1. The summed E-state index contributed by atoms with van der Waals surface area (Å²) in [5, 5.41) is 5.64. The third kappa shape index (κ3) is 4.92. The van der Waals surface area contributed by atoms with Crippen LogP contribution in [0.1, 0.15) is 31.1 Å². The van der Waals surface area contributed by atoms with E-state index in [1.54, 1.807) is 12.1 Å². The first-order valence-electron chi connectivity index (χ1n) is 8.78. The van der Waals surface area contributed by atoms with Crippen LogP contribution in [0.25, 0.3) is 10.6 Å². The SMILES string of the molecule is CCOc1ccccc1-c1nc(CC(=O)N[C@@H](C)c2ccc(F)cc2)cs1. The predicted molar refractivity (Wildman–Crippen MR) is 105 cm³/mol. The van der Waals surface area contributed by atoms with Crippen LogP contribution in [0.3, 0.4) is 0 Å². The lowest BCUT2D eigenvalue weighted by Crippen LogP contribution is -2.28. The van der Waals surface area contributed by atoms with Gasteiger partial charge in [-0.1, -0.05) is 24.3 Å². The normalized spacial score (nSPS) is 11.8. The fourth-order valence-corrected chi connectivity index (χ4v) is 3.58. The minimum Gasteiger partial charge on any atom is -0.493 e. The maximum Gasteiger partial charge on any atom is 0.226 e. The number of nitrogens with one attached hydrogen (secondary N) is 1. The lowest BCUT2D eigenvalue weighted by molar-refractivity contribution is -0.121. The highest BCUT2D eigenvalue weighted by atomic mass is 32.1. The molecule has 0 aliphatic rings. The summed E-state index contributed by atoms with van der Waals surface area (Å²) in [5.41, 5.74) is 2.50. The second-order valence-corrected chi connectivity index (χ2v) is 6.95. The van der Waals surface area contributed by atoms with E-state index < -0.39 is 0 Å². The van der Waals surface area contributed by atoms with Crippen LogP contribution >= 0.6 is 11.3 Å². The number of hydrogen-bond donors (Lipinski definition) is 1. The summed E-state index contributed by atoms with van der Waals surface area (Å²) in [7, 11) is 0. The summed E-state index contributed by atoms with van der Waals surface area (Å²) in [6, 6.07) is 13.7. The minimum absolute atomic E-state index is 0.123. The van der Waals surface area contributed by atoms with E-state index in [0.717, 1.165) is 21.9 Å². The van der Waals surface area contributed by atoms with Crippen LogP contribution in [0.15, 0.2) is 53.9 Å². The molecule has 1 amide bonds. The first-order chi connectivity index (χ1) is 13.1. The molecule has 0 bridgehead atoms. The average molecular weight is 384 g/mol. The second-order valence-electron chi connectivity index (χ2n) is 6.09. The van der Waals surface area contributed by atoms with E-state index in [2.05, 4.69) is 10.3 Å². The molecule has 6 heteroatoms. The van der Waals surface area contributed by atoms with E-state index in [-0.39, 0.29) is 24.2 Å². The molecule has 1 N–H and O–H groups in total. The van der Waals surface area contributed by atoms with Crippen molar-refractivity contribution in [2.75, 3.05) is 6.61 Å². The Kier molecular flexibility index (Phi) is 6.19. The molecule has 27 heavy (non-hydrogen) atoms. The highest BCUT2D eigenvalue weighted by Gasteiger charge is 2.14. The number of carbonyl (C=O) groups is 1. The van der Waals surface area contributed by atoms with E-state index in [4.69, 9.17) is 4.74 Å². The van der Waals surface area contributed by atoms with Gasteiger partial charge in [-0.05, 0) is 43.7 Å². The van der Waals surface area contributed by atoms with Crippen molar-refractivity contribution in [2.45, 2.75) is 26.3 Å². The molecule has 2 aromatic carbocycles. The van der Waals surface area contributed by atoms with Crippen LogP contribution in [0.4, 0.5) is 4.39 Å². The van der Waals surface area contributed by atoms with Crippen LogP contribution in [0.2, 0.25) is 0 Å². The van der Waals surface area contributed by atoms with Crippen molar-refractivity contribution in [3.63, 3.8) is 0 Å². The van der Waals surface area contributed by atoms with E-state index in [1.165, 1.54) is 23.5 Å². The van der Waals surface area contributed by atoms with Crippen LogP contribution in [0, 0.1) is 5.82 Å². The Hall–Kier alpha value is -2.73. The number of para-hydroxylation sites is 1. The van der Waals surface area contributed by atoms with Crippen molar-refractivity contribution in [3.8, 4) is 16.3 Å². The fraction of sp³-hybridized carbons (Fsp3) is 0.238. The van der Waals surface area contributed by atoms with Crippen molar-refractivity contribution < 1.29 is 13.9 Å². The molecule has 0 radical (unpaired) electrons. The summed E-state index contributed by atoms with van der Waals surface area (Å²) >= 11 is 1.49. The largest absolute Gasteiger partial charge is 0.493 e. The summed E-state index contributed by atoms with van der Waals surface area (Å²) in [6.45, 7) is 4.39. The molecule has 3 aromatic rings. The molecule has 0 spiro atoms. The van der Waals surface area contributed by atoms with Crippen LogP contribution in [0.5, 0.6) is 5.75 Å². The third-order valence-corrected chi connectivity index (χ3v) is 4.98. The lowest BCUT2D eigenvalue weighted by Gasteiger charge is -2.13. The highest BCUT2D eigenvalue weighted by Crippen LogP contribution is 2.32. The Morgan fingerprint density at radius 1 is 1.22 bits per heavy atom. The third-order valence-electron chi connectivity index (χ3n) is 4.06. The smallest absolute Gasteiger partial charge is 0.226 e. The monoisotopic (exact) mass is 384 g/mol. The Bertz CT molecular complexity index is 909. The van der Waals surface area contributed by atoms with Crippen molar-refractivity contribution >= 4 is 17.2 Å². The van der Waals surface area contributed by atoms with E-state index in [0.29, 0.717) is 12.3 Å². The van der Waals surface area contributed by atoms with Gasteiger partial charge in [0.15, 0.2) is 0 Å². The van der Waals surface area contributed by atoms with Gasteiger partial charge < -0.3 is 10.1 Å². The van der Waals surface area contributed by atoms with Crippen LogP contribution < -0.4 is 10.1 Å². The summed E-state index contributed by atoms with van der Waals surface area (Å²) in [4.78, 5) is 16.9. The zero-order valence-electron chi connectivity index (χ0n) is 15.2. The number of thiazole rings is 1. The Balaban J connectivity index is 1.65. The molecule has 0 aliphatic heterocycles. The van der Waals surface area contributed by atoms with Gasteiger partial charge in [-0.15, -0.1) is 11.3 Å². The molecular weight excluding hydrogens is 363 g/mol. The number of ether oxygens (including phenoxy) is 1. The zero-order valence-corrected chi connectivity index (χ0v) is 16.1. The first-order valence-corrected chi connectivity index (χ1v) is 9.66. The standard InChI is InChI=1S/C21H21FN2O2S/c1-3-26-19-7-5-4-6-18(19)21-24-17(13-27-21)12-20(25)23-14(2)15-8-10-16(22)11-9-15/h4-11,13-14H,3,12H2,1-2H3,(H,23,25)/t14-/m0/s1. The molecule has 3 rings (SSSR count). The molecule has 1 atom stereocenters. The Morgan fingerprint density at radius 3 is 2.70 bits per heavy atom. The molecular formula is C21H21FN2O2S. The van der Waals surface area contributed by atoms with Gasteiger partial charge in [0, 0.05) is 5.38 Å². The fourth-order valence-electron chi connectivity index (χ4n) is 2.73. The number of halogens is 1. The number of hydrogen-bond acceptors (Lipinski definition) is 4. The average Bonchev–Trinajstić information content (AvgIpc) is 3.11. The first kappa shape index (κ1) is 19.0. The highest BCUT2D eigenvalue weighted by molar-refractivity contribution is 7.13. The molecule has 0 fully saturated rings. The number of benzene rings is 2. The molecule has 1 aromatic heterocycles. The lowest BCUT2D eigenvalue weighted by atomic mass is 10.1. The van der Waals surface area contributed by atoms with Crippen LogP contribution in [-0.4, -0.2) is 17.5 Å². The van der Waals surface area contributed by atoms with Gasteiger partial charge in [0.05, 0.1) is 30.3 Å². The van der Waals surface area contributed by atoms with Gasteiger partial charge in [0.25, 0.3) is 0 Å². The molecule has 0 saturated heterocycles. The van der Waals surface area contributed by atoms with Gasteiger partial charge in [0.1, 0.15) is 16.6 Å². The molecule has 0 aliphatic carbocycles. The van der Waals surface area contributed by atoms with Crippen molar-refractivity contribution in [1.29, 1.82) is 0 Å². The van der Waals surface area contributed by atoms with Gasteiger partial charge in [-0.3, -0.25) is 4.79 Å². The maximum absolute atomic E-state index is 13.0. The summed E-state index contributed by atoms with van der Waals surface area (Å²) < 4.78 is 18.7. The predicted octanol–water partition coefficient (Wildman–Crippen LogP) is 4.77. The second kappa shape index (κ2) is 8.77. The quantitative estimate of drug-likeness (QED) is 0.638. The minimum atomic E-state index is -0.292. The Labute approximate surface area is 162 Å². The molecule has 0 unspecified atom stereocenters. The molecule has 1 heterocycles. The van der Waals surface area contributed by atoms with E-state index in [1.807, 2.05) is 43.5 Å². The summed E-state index contributed by atoms with van der Waals surface area (Å²) in [5.74, 6) is 0.372. The van der Waals surface area contributed by atoms with Gasteiger partial charge in [0.2, 0.25) is 5.91 Å². The van der Waals surface area contributed by atoms with Gasteiger partial charge >= 0.3 is 0 Å². The number of aromatic nitrogens is 1.